The molecule has 0 saturated carbocycles. The van der Waals surface area contributed by atoms with Crippen LogP contribution < -0.4 is 10.6 Å². The zero-order valence-electron chi connectivity index (χ0n) is 7.66. The summed E-state index contributed by atoms with van der Waals surface area (Å²) in [4.78, 5) is 24.8. The van der Waals surface area contributed by atoms with Crippen molar-refractivity contribution in [3.05, 3.63) is 39.0 Å². The Hall–Kier alpha value is -1.70. The maximum absolute atomic E-state index is 10.4. The molecule has 0 atom stereocenters. The van der Waals surface area contributed by atoms with Crippen LogP contribution in [0.1, 0.15) is 5.56 Å². The molecule has 1 aromatic rings. The van der Waals surface area contributed by atoms with Gasteiger partial charge in [0.2, 0.25) is 0 Å². The lowest BCUT2D eigenvalue weighted by Crippen LogP contribution is -2.22. The minimum Gasteiger partial charge on any atom is -0.303 e. The maximum atomic E-state index is 10.4. The summed E-state index contributed by atoms with van der Waals surface area (Å²) in [6.45, 7) is 0. The van der Waals surface area contributed by atoms with Crippen LogP contribution in [-0.4, -0.2) is 12.2 Å². The van der Waals surface area contributed by atoms with E-state index < -0.39 is 0 Å². The van der Waals surface area contributed by atoms with Crippen molar-refractivity contribution in [1.82, 2.24) is 0 Å². The maximum Gasteiger partial charge on any atom is 0.152 e. The van der Waals surface area contributed by atoms with E-state index in [9.17, 15) is 9.59 Å². The summed E-state index contributed by atoms with van der Waals surface area (Å²) in [6.07, 6.45) is 2.67. The van der Waals surface area contributed by atoms with E-state index in [4.69, 9.17) is 11.6 Å². The second-order valence-electron chi connectivity index (χ2n) is 3.12. The number of halogens is 1. The molecule has 15 heavy (non-hydrogen) atoms. The minimum atomic E-state index is 0.254. The number of carbonyl (C=O) groups is 1. The Morgan fingerprint density at radius 2 is 2.27 bits per heavy atom. The minimum absolute atomic E-state index is 0.254. The fourth-order valence-electron chi connectivity index (χ4n) is 1.45. The van der Waals surface area contributed by atoms with Gasteiger partial charge in [-0.05, 0) is 23.8 Å². The fraction of sp³-hybridized carbons (Fsp3) is 0.0909. The molecule has 0 spiro atoms. The first kappa shape index (κ1) is 9.84. The average molecular weight is 220 g/mol. The Morgan fingerprint density at radius 1 is 1.47 bits per heavy atom. The molecule has 0 unspecified atom stereocenters. The van der Waals surface area contributed by atoms with Gasteiger partial charge in [0.25, 0.3) is 0 Å². The highest BCUT2D eigenvalue weighted by Gasteiger charge is 2.06. The Balaban J connectivity index is 2.69. The number of hydrogen-bond donors (Lipinski definition) is 0. The summed E-state index contributed by atoms with van der Waals surface area (Å²) in [5, 5.41) is 1.94. The predicted molar refractivity (Wildman–Crippen MR) is 55.7 cm³/mol. The first-order chi connectivity index (χ1) is 7.24. The van der Waals surface area contributed by atoms with Crippen LogP contribution in [0.2, 0.25) is 5.02 Å². The van der Waals surface area contributed by atoms with Gasteiger partial charge in [-0.1, -0.05) is 11.6 Å². The lowest BCUT2D eigenvalue weighted by Gasteiger charge is -1.97. The number of benzene rings is 1. The third kappa shape index (κ3) is 1.75. The molecule has 0 aromatic heterocycles. The Bertz CT molecular complexity index is 598. The van der Waals surface area contributed by atoms with E-state index >= 15 is 0 Å². The number of nitrogens with zero attached hydrogens (tertiary/aromatic N) is 1. The summed E-state index contributed by atoms with van der Waals surface area (Å²) in [7, 11) is 0. The number of allylic oxidation sites excluding steroid dienone is 1. The Labute approximate surface area is 90.4 Å². The molecule has 1 aliphatic rings. The Morgan fingerprint density at radius 3 is 2.93 bits per heavy atom. The van der Waals surface area contributed by atoms with Crippen LogP contribution in [0, 0.1) is 0 Å². The molecule has 0 amide bonds. The largest absolute Gasteiger partial charge is 0.303 e. The molecule has 2 rings (SSSR count). The molecule has 1 heterocycles. The first-order valence-corrected chi connectivity index (χ1v) is 4.70. The third-order valence-corrected chi connectivity index (χ3v) is 2.49. The monoisotopic (exact) mass is 219 g/mol. The van der Waals surface area contributed by atoms with Crippen molar-refractivity contribution in [1.29, 1.82) is 0 Å². The topological polar surface area (TPSA) is 46.5 Å². The highest BCUT2D eigenvalue weighted by Crippen LogP contribution is 2.12. The molecule has 3 nitrogen and oxygen atoms in total. The second kappa shape index (κ2) is 3.81. The van der Waals surface area contributed by atoms with E-state index in [1.165, 1.54) is 0 Å². The van der Waals surface area contributed by atoms with Crippen molar-refractivity contribution in [3.8, 4) is 0 Å². The van der Waals surface area contributed by atoms with Gasteiger partial charge in [0.1, 0.15) is 12.0 Å². The fourth-order valence-corrected chi connectivity index (χ4v) is 1.68. The number of hydrogen-bond acceptors (Lipinski definition) is 3. The standard InChI is InChI=1S/C11H6ClNO2/c12-10-5-11-8(3-7(10)1-2-14)4-9(6-15)13-11/h2-5H,1H2. The van der Waals surface area contributed by atoms with Crippen molar-refractivity contribution >= 4 is 29.9 Å². The zero-order valence-corrected chi connectivity index (χ0v) is 8.41. The van der Waals surface area contributed by atoms with Gasteiger partial charge < -0.3 is 4.79 Å². The lowest BCUT2D eigenvalue weighted by atomic mass is 10.1. The highest BCUT2D eigenvalue weighted by molar-refractivity contribution is 6.31. The third-order valence-electron chi connectivity index (χ3n) is 2.14. The smallest absolute Gasteiger partial charge is 0.152 e. The predicted octanol–water partition coefficient (Wildman–Crippen LogP) is 0.211. The molecular formula is C11H6ClNO2. The van der Waals surface area contributed by atoms with E-state index in [2.05, 4.69) is 4.99 Å². The average Bonchev–Trinajstić information content (AvgIpc) is 2.61. The van der Waals surface area contributed by atoms with Gasteiger partial charge >= 0.3 is 0 Å². The summed E-state index contributed by atoms with van der Waals surface area (Å²) >= 11 is 5.94. The van der Waals surface area contributed by atoms with Crippen molar-refractivity contribution in [2.45, 2.75) is 6.42 Å². The quantitative estimate of drug-likeness (QED) is 0.527. The van der Waals surface area contributed by atoms with E-state index in [1.54, 1.807) is 24.2 Å². The summed E-state index contributed by atoms with van der Waals surface area (Å²) in [5.41, 5.74) is 0.994. The van der Waals surface area contributed by atoms with Crippen LogP contribution in [0.5, 0.6) is 0 Å². The van der Waals surface area contributed by atoms with Crippen LogP contribution in [0.25, 0.3) is 6.08 Å². The van der Waals surface area contributed by atoms with Gasteiger partial charge in [0.05, 0.1) is 5.36 Å². The van der Waals surface area contributed by atoms with Crippen molar-refractivity contribution in [2.75, 3.05) is 0 Å². The van der Waals surface area contributed by atoms with E-state index in [0.29, 0.717) is 10.4 Å². The molecular weight excluding hydrogens is 214 g/mol. The molecule has 4 heteroatoms. The number of fused-ring (bicyclic) bond motifs is 1. The SMILES string of the molecule is O=C=C1C=c2cc(CC=O)c(Cl)cc2=N1. The normalized spacial score (nSPS) is 12.5. The molecule has 0 bridgehead atoms. The van der Waals surface area contributed by atoms with Crippen molar-refractivity contribution in [3.63, 3.8) is 0 Å². The molecule has 0 fully saturated rings. The van der Waals surface area contributed by atoms with Crippen LogP contribution in [0.3, 0.4) is 0 Å². The lowest BCUT2D eigenvalue weighted by molar-refractivity contribution is -0.107. The summed E-state index contributed by atoms with van der Waals surface area (Å²) in [5.74, 6) is 1.71. The highest BCUT2D eigenvalue weighted by atomic mass is 35.5. The van der Waals surface area contributed by atoms with Crippen molar-refractivity contribution < 1.29 is 9.59 Å². The van der Waals surface area contributed by atoms with Gasteiger partial charge in [0, 0.05) is 16.7 Å². The molecule has 74 valence electrons. The van der Waals surface area contributed by atoms with Gasteiger partial charge in [-0.15, -0.1) is 0 Å². The van der Waals surface area contributed by atoms with Crippen LogP contribution in [0.15, 0.2) is 22.8 Å². The van der Waals surface area contributed by atoms with Crippen LogP contribution in [0.4, 0.5) is 0 Å². The van der Waals surface area contributed by atoms with Gasteiger partial charge in [-0.2, -0.15) is 0 Å². The second-order valence-corrected chi connectivity index (χ2v) is 3.52. The molecule has 1 aromatic carbocycles. The molecule has 0 N–H and O–H groups in total. The van der Waals surface area contributed by atoms with Gasteiger partial charge in [-0.25, -0.2) is 9.79 Å². The molecule has 1 aliphatic heterocycles. The molecule has 0 radical (unpaired) electrons. The number of carbonyl (C=O) groups excluding carboxylic acids is 2. The summed E-state index contributed by atoms with van der Waals surface area (Å²) in [6, 6.07) is 3.41. The van der Waals surface area contributed by atoms with Crippen LogP contribution >= 0.6 is 11.6 Å². The summed E-state index contributed by atoms with van der Waals surface area (Å²) < 4.78 is 0. The van der Waals surface area contributed by atoms with E-state index in [-0.39, 0.29) is 12.1 Å². The number of rotatable bonds is 2. The van der Waals surface area contributed by atoms with Gasteiger partial charge in [0.15, 0.2) is 5.94 Å². The first-order valence-electron chi connectivity index (χ1n) is 4.32. The zero-order chi connectivity index (χ0) is 10.8. The van der Waals surface area contributed by atoms with Gasteiger partial charge in [-0.3, -0.25) is 0 Å². The van der Waals surface area contributed by atoms with E-state index in [1.807, 2.05) is 0 Å². The molecule has 0 aliphatic carbocycles. The van der Waals surface area contributed by atoms with Crippen LogP contribution in [-0.2, 0) is 16.0 Å². The molecule has 0 saturated heterocycles. The van der Waals surface area contributed by atoms with E-state index in [0.717, 1.165) is 17.1 Å². The number of aldehydes is 1. The van der Waals surface area contributed by atoms with Crippen molar-refractivity contribution in [2.24, 2.45) is 4.99 Å². The Kier molecular flexibility index (Phi) is 2.50.